The van der Waals surface area contributed by atoms with Crippen molar-refractivity contribution >= 4 is 28.4 Å². The van der Waals surface area contributed by atoms with Gasteiger partial charge in [-0.25, -0.2) is 4.98 Å². The van der Waals surface area contributed by atoms with Gasteiger partial charge < -0.3 is 16.0 Å². The Morgan fingerprint density at radius 1 is 1.19 bits per heavy atom. The lowest BCUT2D eigenvalue weighted by Gasteiger charge is -2.13. The molecule has 2 aromatic rings. The van der Waals surface area contributed by atoms with E-state index in [1.807, 2.05) is 24.3 Å². The van der Waals surface area contributed by atoms with Gasteiger partial charge in [0.2, 0.25) is 5.91 Å². The fourth-order valence-electron chi connectivity index (χ4n) is 2.05. The van der Waals surface area contributed by atoms with E-state index in [1.54, 1.807) is 20.0 Å². The molecule has 1 heterocycles. The van der Waals surface area contributed by atoms with Crippen molar-refractivity contribution < 1.29 is 9.59 Å². The van der Waals surface area contributed by atoms with E-state index in [1.165, 1.54) is 7.05 Å². The number of benzene rings is 1. The van der Waals surface area contributed by atoms with Crippen molar-refractivity contribution in [1.29, 1.82) is 0 Å². The van der Waals surface area contributed by atoms with Crippen molar-refractivity contribution in [3.05, 3.63) is 36.0 Å². The van der Waals surface area contributed by atoms with Crippen molar-refractivity contribution in [1.82, 2.24) is 15.6 Å². The summed E-state index contributed by atoms with van der Waals surface area (Å²) < 4.78 is 0. The van der Waals surface area contributed by atoms with E-state index in [9.17, 15) is 9.59 Å². The summed E-state index contributed by atoms with van der Waals surface area (Å²) in [6.07, 6.45) is 0. The molecule has 1 unspecified atom stereocenters. The van der Waals surface area contributed by atoms with Gasteiger partial charge in [0.1, 0.15) is 11.7 Å². The average Bonchev–Trinajstić information content (AvgIpc) is 2.52. The fraction of sp³-hybridized carbons (Fsp3) is 0.267. The Kier molecular flexibility index (Phi) is 4.37. The van der Waals surface area contributed by atoms with Gasteiger partial charge in [0.05, 0.1) is 5.52 Å². The van der Waals surface area contributed by atoms with Crippen LogP contribution in [0.15, 0.2) is 30.3 Å². The van der Waals surface area contributed by atoms with Crippen molar-refractivity contribution in [2.75, 3.05) is 19.4 Å². The zero-order valence-electron chi connectivity index (χ0n) is 12.2. The smallest absolute Gasteiger partial charge is 0.270 e. The SMILES string of the molecule is CNC(=O)C(C)NC(=O)c1cc(NC)c2ccccc2n1. The molecule has 0 saturated carbocycles. The van der Waals surface area contributed by atoms with Crippen LogP contribution in [0, 0.1) is 0 Å². The lowest BCUT2D eigenvalue weighted by molar-refractivity contribution is -0.122. The maximum absolute atomic E-state index is 12.2. The van der Waals surface area contributed by atoms with E-state index >= 15 is 0 Å². The van der Waals surface area contributed by atoms with Crippen LogP contribution in [0.25, 0.3) is 10.9 Å². The second-order valence-electron chi connectivity index (χ2n) is 4.63. The van der Waals surface area contributed by atoms with E-state index in [-0.39, 0.29) is 17.5 Å². The number of fused-ring (bicyclic) bond motifs is 1. The summed E-state index contributed by atoms with van der Waals surface area (Å²) >= 11 is 0. The Labute approximate surface area is 122 Å². The number of amides is 2. The Balaban J connectivity index is 2.33. The van der Waals surface area contributed by atoms with E-state index < -0.39 is 6.04 Å². The molecule has 0 aliphatic rings. The minimum atomic E-state index is -0.617. The molecule has 0 aliphatic carbocycles. The van der Waals surface area contributed by atoms with E-state index in [4.69, 9.17) is 0 Å². The van der Waals surface area contributed by atoms with Crippen LogP contribution in [0.1, 0.15) is 17.4 Å². The number of rotatable bonds is 4. The monoisotopic (exact) mass is 286 g/mol. The molecular weight excluding hydrogens is 268 g/mol. The molecule has 2 rings (SSSR count). The van der Waals surface area contributed by atoms with Crippen LogP contribution >= 0.6 is 0 Å². The molecule has 1 aromatic heterocycles. The van der Waals surface area contributed by atoms with Crippen molar-refractivity contribution in [3.8, 4) is 0 Å². The van der Waals surface area contributed by atoms with Gasteiger partial charge >= 0.3 is 0 Å². The van der Waals surface area contributed by atoms with Crippen LogP contribution in [0.3, 0.4) is 0 Å². The number of likely N-dealkylation sites (N-methyl/N-ethyl adjacent to an activating group) is 1. The first-order valence-electron chi connectivity index (χ1n) is 6.66. The van der Waals surface area contributed by atoms with Crippen LogP contribution < -0.4 is 16.0 Å². The molecule has 0 bridgehead atoms. The largest absolute Gasteiger partial charge is 0.388 e. The predicted molar refractivity (Wildman–Crippen MR) is 82.3 cm³/mol. The highest BCUT2D eigenvalue weighted by Gasteiger charge is 2.17. The van der Waals surface area contributed by atoms with Gasteiger partial charge in [-0.3, -0.25) is 9.59 Å². The summed E-state index contributed by atoms with van der Waals surface area (Å²) in [6, 6.07) is 8.61. The van der Waals surface area contributed by atoms with Gasteiger partial charge in [0.15, 0.2) is 0 Å². The van der Waals surface area contributed by atoms with E-state index in [0.717, 1.165) is 16.6 Å². The highest BCUT2D eigenvalue weighted by Crippen LogP contribution is 2.22. The van der Waals surface area contributed by atoms with E-state index in [2.05, 4.69) is 20.9 Å². The second-order valence-corrected chi connectivity index (χ2v) is 4.63. The molecule has 6 nitrogen and oxygen atoms in total. The number of carbonyl (C=O) groups is 2. The maximum atomic E-state index is 12.2. The minimum Gasteiger partial charge on any atom is -0.388 e. The molecule has 0 spiro atoms. The van der Waals surface area contributed by atoms with Crippen molar-refractivity contribution in [2.24, 2.45) is 0 Å². The third kappa shape index (κ3) is 3.10. The summed E-state index contributed by atoms with van der Waals surface area (Å²) in [7, 11) is 3.31. The number of anilines is 1. The lowest BCUT2D eigenvalue weighted by Crippen LogP contribution is -2.43. The number of carbonyl (C=O) groups excluding carboxylic acids is 2. The van der Waals surface area contributed by atoms with Crippen LogP contribution in [-0.2, 0) is 4.79 Å². The number of para-hydroxylation sites is 1. The first kappa shape index (κ1) is 14.8. The van der Waals surface area contributed by atoms with Crippen LogP contribution in [-0.4, -0.2) is 36.9 Å². The third-order valence-corrected chi connectivity index (χ3v) is 3.21. The molecule has 6 heteroatoms. The molecule has 3 N–H and O–H groups in total. The van der Waals surface area contributed by atoms with Gasteiger partial charge in [-0.05, 0) is 19.1 Å². The number of aromatic nitrogens is 1. The van der Waals surface area contributed by atoms with Crippen molar-refractivity contribution in [2.45, 2.75) is 13.0 Å². The molecule has 1 atom stereocenters. The molecule has 21 heavy (non-hydrogen) atoms. The van der Waals surface area contributed by atoms with Crippen LogP contribution in [0.4, 0.5) is 5.69 Å². The summed E-state index contributed by atoms with van der Waals surface area (Å²) in [5.74, 6) is -0.633. The molecule has 110 valence electrons. The molecule has 0 radical (unpaired) electrons. The molecule has 0 fully saturated rings. The molecule has 1 aromatic carbocycles. The van der Waals surface area contributed by atoms with Gasteiger partial charge in [0, 0.05) is 25.2 Å². The quantitative estimate of drug-likeness (QED) is 0.787. The van der Waals surface area contributed by atoms with Gasteiger partial charge in [-0.15, -0.1) is 0 Å². The molecule has 2 amide bonds. The maximum Gasteiger partial charge on any atom is 0.270 e. The zero-order valence-corrected chi connectivity index (χ0v) is 12.2. The van der Waals surface area contributed by atoms with Crippen LogP contribution in [0.2, 0.25) is 0 Å². The van der Waals surface area contributed by atoms with E-state index in [0.29, 0.717) is 0 Å². The first-order chi connectivity index (χ1) is 10.1. The average molecular weight is 286 g/mol. The zero-order chi connectivity index (χ0) is 15.4. The van der Waals surface area contributed by atoms with Crippen molar-refractivity contribution in [3.63, 3.8) is 0 Å². The number of nitrogens with one attached hydrogen (secondary N) is 3. The minimum absolute atomic E-state index is 0.252. The standard InChI is InChI=1S/C15H18N4O2/c1-9(14(20)17-3)18-15(21)13-8-12(16-2)10-6-4-5-7-11(10)19-13/h4-9H,1-3H3,(H,16,19)(H,17,20)(H,18,21). The summed E-state index contributed by atoms with van der Waals surface area (Å²) in [4.78, 5) is 28.0. The number of hydrogen-bond donors (Lipinski definition) is 3. The highest BCUT2D eigenvalue weighted by molar-refractivity contribution is 6.01. The number of nitrogens with zero attached hydrogens (tertiary/aromatic N) is 1. The first-order valence-corrected chi connectivity index (χ1v) is 6.66. The number of hydrogen-bond acceptors (Lipinski definition) is 4. The summed E-state index contributed by atoms with van der Waals surface area (Å²) in [5, 5.41) is 9.10. The topological polar surface area (TPSA) is 83.1 Å². The Bertz CT molecular complexity index is 684. The summed E-state index contributed by atoms with van der Waals surface area (Å²) in [6.45, 7) is 1.62. The lowest BCUT2D eigenvalue weighted by atomic mass is 10.1. The fourth-order valence-corrected chi connectivity index (χ4v) is 2.05. The Morgan fingerprint density at radius 2 is 1.90 bits per heavy atom. The predicted octanol–water partition coefficient (Wildman–Crippen LogP) is 1.14. The second kappa shape index (κ2) is 6.21. The van der Waals surface area contributed by atoms with Gasteiger partial charge in [0.25, 0.3) is 5.91 Å². The molecule has 0 saturated heterocycles. The molecular formula is C15H18N4O2. The van der Waals surface area contributed by atoms with Gasteiger partial charge in [-0.2, -0.15) is 0 Å². The molecule has 0 aliphatic heterocycles. The summed E-state index contributed by atoms with van der Waals surface area (Å²) in [5.41, 5.74) is 1.81. The normalized spacial score (nSPS) is 11.8. The highest BCUT2D eigenvalue weighted by atomic mass is 16.2. The Morgan fingerprint density at radius 3 is 2.57 bits per heavy atom. The van der Waals surface area contributed by atoms with Gasteiger partial charge in [-0.1, -0.05) is 18.2 Å². The third-order valence-electron chi connectivity index (χ3n) is 3.21. The number of pyridine rings is 1. The Hall–Kier alpha value is -2.63. The van der Waals surface area contributed by atoms with Crippen LogP contribution in [0.5, 0.6) is 0 Å².